The quantitative estimate of drug-likeness (QED) is 0.559. The van der Waals surface area contributed by atoms with Gasteiger partial charge in [-0.15, -0.1) is 0 Å². The number of nitrogens with zero attached hydrogens (tertiary/aromatic N) is 1. The summed E-state index contributed by atoms with van der Waals surface area (Å²) in [5, 5.41) is 3.56. The average molecular weight is 437 g/mol. The lowest BCUT2D eigenvalue weighted by Crippen LogP contribution is -2.32. The van der Waals surface area contributed by atoms with E-state index in [0.29, 0.717) is 22.0 Å². The van der Waals surface area contributed by atoms with Crippen molar-refractivity contribution >= 4 is 34.7 Å². The van der Waals surface area contributed by atoms with Crippen LogP contribution in [-0.2, 0) is 16.1 Å². The second-order valence-electron chi connectivity index (χ2n) is 6.91. The van der Waals surface area contributed by atoms with Crippen LogP contribution in [0.2, 0.25) is 5.02 Å². The number of carbonyl (C=O) groups excluding carboxylic acids is 2. The summed E-state index contributed by atoms with van der Waals surface area (Å²) in [5.41, 5.74) is 2.04. The van der Waals surface area contributed by atoms with E-state index in [1.54, 1.807) is 48.5 Å². The Morgan fingerprint density at radius 3 is 2.29 bits per heavy atom. The van der Waals surface area contributed by atoms with Gasteiger partial charge in [-0.05, 0) is 48.0 Å². The summed E-state index contributed by atoms with van der Waals surface area (Å²) in [5.74, 6) is -0.868. The molecule has 31 heavy (non-hydrogen) atoms. The van der Waals surface area contributed by atoms with Gasteiger partial charge in [0.15, 0.2) is 0 Å². The first-order chi connectivity index (χ1) is 15.0. The summed E-state index contributed by atoms with van der Waals surface area (Å²) in [6.07, 6.45) is 0. The smallest absolute Gasteiger partial charge is 0.278 e. The van der Waals surface area contributed by atoms with Gasteiger partial charge in [-0.1, -0.05) is 41.9 Å². The van der Waals surface area contributed by atoms with Crippen molar-refractivity contribution < 1.29 is 18.7 Å². The molecule has 0 radical (unpaired) electrons. The van der Waals surface area contributed by atoms with Gasteiger partial charge in [0.25, 0.3) is 11.8 Å². The van der Waals surface area contributed by atoms with Crippen LogP contribution in [0.4, 0.5) is 10.1 Å². The molecule has 0 fully saturated rings. The molecule has 7 heteroatoms. The minimum atomic E-state index is -0.481. The van der Waals surface area contributed by atoms with Crippen molar-refractivity contribution in [2.45, 2.75) is 6.54 Å². The third-order valence-corrected chi connectivity index (χ3v) is 5.16. The minimum absolute atomic E-state index is 0.0854. The van der Waals surface area contributed by atoms with Gasteiger partial charge in [-0.2, -0.15) is 0 Å². The van der Waals surface area contributed by atoms with Gasteiger partial charge in [0, 0.05) is 16.3 Å². The van der Waals surface area contributed by atoms with E-state index >= 15 is 0 Å². The van der Waals surface area contributed by atoms with Gasteiger partial charge in [0.1, 0.15) is 17.3 Å². The van der Waals surface area contributed by atoms with Crippen molar-refractivity contribution in [2.75, 3.05) is 12.4 Å². The van der Waals surface area contributed by atoms with E-state index in [1.165, 1.54) is 31.4 Å². The lowest BCUT2D eigenvalue weighted by atomic mass is 10.0. The van der Waals surface area contributed by atoms with Gasteiger partial charge in [0.05, 0.1) is 19.2 Å². The molecule has 0 spiro atoms. The highest BCUT2D eigenvalue weighted by atomic mass is 35.5. The van der Waals surface area contributed by atoms with E-state index in [1.807, 2.05) is 0 Å². The second kappa shape index (κ2) is 8.62. The largest absolute Gasteiger partial charge is 0.496 e. The summed E-state index contributed by atoms with van der Waals surface area (Å²) < 4.78 is 18.7. The molecule has 0 atom stereocenters. The number of rotatable bonds is 6. The maximum atomic E-state index is 13.4. The topological polar surface area (TPSA) is 58.6 Å². The average Bonchev–Trinajstić information content (AvgIpc) is 3.00. The van der Waals surface area contributed by atoms with Crippen molar-refractivity contribution in [2.24, 2.45) is 0 Å². The number of benzene rings is 3. The molecule has 5 nitrogen and oxygen atoms in total. The lowest BCUT2D eigenvalue weighted by molar-refractivity contribution is -0.137. The Balaban J connectivity index is 1.76. The number of amides is 2. The molecule has 0 bridgehead atoms. The molecular weight excluding hydrogens is 419 g/mol. The van der Waals surface area contributed by atoms with Gasteiger partial charge in [0.2, 0.25) is 0 Å². The number of ether oxygens (including phenoxy) is 1. The van der Waals surface area contributed by atoms with E-state index < -0.39 is 17.6 Å². The van der Waals surface area contributed by atoms with E-state index in [4.69, 9.17) is 16.3 Å². The van der Waals surface area contributed by atoms with Crippen molar-refractivity contribution in [1.82, 2.24) is 4.90 Å². The van der Waals surface area contributed by atoms with Crippen LogP contribution in [0.5, 0.6) is 5.75 Å². The molecule has 1 heterocycles. The number of nitrogens with one attached hydrogen (secondary N) is 1. The molecule has 1 N–H and O–H groups in total. The highest BCUT2D eigenvalue weighted by Gasteiger charge is 2.40. The van der Waals surface area contributed by atoms with Gasteiger partial charge < -0.3 is 10.1 Å². The maximum Gasteiger partial charge on any atom is 0.278 e. The monoisotopic (exact) mass is 436 g/mol. The van der Waals surface area contributed by atoms with E-state index in [0.717, 1.165) is 10.5 Å². The molecule has 3 aromatic rings. The molecule has 1 aliphatic heterocycles. The molecule has 0 aromatic heterocycles. The third kappa shape index (κ3) is 4.15. The molecule has 0 saturated heterocycles. The zero-order valence-electron chi connectivity index (χ0n) is 16.6. The van der Waals surface area contributed by atoms with Crippen LogP contribution in [0.25, 0.3) is 5.57 Å². The van der Waals surface area contributed by atoms with Crippen LogP contribution >= 0.6 is 11.6 Å². The standard InChI is InChI=1S/C24H18ClFN2O3/c1-31-20-5-3-2-4-19(20)21-22(27-18-12-10-17(26)11-13-18)24(30)28(23(21)29)14-15-6-8-16(25)9-7-15/h2-13,27H,14H2,1H3. The summed E-state index contributed by atoms with van der Waals surface area (Å²) in [6, 6.07) is 19.5. The number of methoxy groups -OCH3 is 1. The number of hydrogen-bond acceptors (Lipinski definition) is 4. The van der Waals surface area contributed by atoms with E-state index in [9.17, 15) is 14.0 Å². The first-order valence-electron chi connectivity index (χ1n) is 9.49. The maximum absolute atomic E-state index is 13.4. The normalized spacial score (nSPS) is 13.7. The summed E-state index contributed by atoms with van der Waals surface area (Å²) >= 11 is 5.94. The zero-order chi connectivity index (χ0) is 22.0. The number of carbonyl (C=O) groups is 2. The first kappa shape index (κ1) is 20.6. The van der Waals surface area contributed by atoms with Crippen molar-refractivity contribution in [1.29, 1.82) is 0 Å². The van der Waals surface area contributed by atoms with Gasteiger partial charge >= 0.3 is 0 Å². The highest BCUT2D eigenvalue weighted by molar-refractivity contribution is 6.37. The number of para-hydroxylation sites is 1. The van der Waals surface area contributed by atoms with Gasteiger partial charge in [-0.25, -0.2) is 4.39 Å². The lowest BCUT2D eigenvalue weighted by Gasteiger charge is -2.16. The molecule has 0 aliphatic carbocycles. The Bertz CT molecular complexity index is 1170. The Kier molecular flexibility index (Phi) is 5.73. The fourth-order valence-electron chi connectivity index (χ4n) is 3.39. The number of imide groups is 1. The summed E-state index contributed by atoms with van der Waals surface area (Å²) in [6.45, 7) is 0.0854. The predicted octanol–water partition coefficient (Wildman–Crippen LogP) is 4.88. The Labute approximate surface area is 183 Å². The molecule has 0 saturated carbocycles. The Morgan fingerprint density at radius 1 is 0.935 bits per heavy atom. The van der Waals surface area contributed by atoms with Crippen LogP contribution in [-0.4, -0.2) is 23.8 Å². The zero-order valence-corrected chi connectivity index (χ0v) is 17.3. The second-order valence-corrected chi connectivity index (χ2v) is 7.34. The number of anilines is 1. The molecule has 156 valence electrons. The minimum Gasteiger partial charge on any atom is -0.496 e. The number of hydrogen-bond donors (Lipinski definition) is 1. The van der Waals surface area contributed by atoms with Crippen LogP contribution in [0, 0.1) is 5.82 Å². The van der Waals surface area contributed by atoms with E-state index in [-0.39, 0.29) is 17.8 Å². The highest BCUT2D eigenvalue weighted by Crippen LogP contribution is 2.36. The molecule has 3 aromatic carbocycles. The summed E-state index contributed by atoms with van der Waals surface area (Å²) in [7, 11) is 1.50. The van der Waals surface area contributed by atoms with Crippen LogP contribution < -0.4 is 10.1 Å². The molecule has 1 aliphatic rings. The number of halogens is 2. The van der Waals surface area contributed by atoms with Crippen LogP contribution in [0.3, 0.4) is 0 Å². The fourth-order valence-corrected chi connectivity index (χ4v) is 3.51. The summed E-state index contributed by atoms with van der Waals surface area (Å²) in [4.78, 5) is 27.8. The molecule has 0 unspecified atom stereocenters. The van der Waals surface area contributed by atoms with Crippen molar-refractivity contribution in [3.63, 3.8) is 0 Å². The Morgan fingerprint density at radius 2 is 1.61 bits per heavy atom. The molecule has 2 amide bonds. The van der Waals surface area contributed by atoms with Crippen molar-refractivity contribution in [3.05, 3.63) is 100 Å². The first-order valence-corrected chi connectivity index (χ1v) is 9.86. The predicted molar refractivity (Wildman–Crippen MR) is 117 cm³/mol. The van der Waals surface area contributed by atoms with Gasteiger partial charge in [-0.3, -0.25) is 14.5 Å². The fraction of sp³-hybridized carbons (Fsp3) is 0.0833. The molecular formula is C24H18ClFN2O3. The third-order valence-electron chi connectivity index (χ3n) is 4.91. The van der Waals surface area contributed by atoms with Crippen molar-refractivity contribution in [3.8, 4) is 5.75 Å². The molecule has 4 rings (SSSR count). The van der Waals surface area contributed by atoms with Crippen LogP contribution in [0.1, 0.15) is 11.1 Å². The van der Waals surface area contributed by atoms with Crippen LogP contribution in [0.15, 0.2) is 78.5 Å². The Hall–Kier alpha value is -3.64. The van der Waals surface area contributed by atoms with E-state index in [2.05, 4.69) is 5.32 Å². The SMILES string of the molecule is COc1ccccc1C1=C(Nc2ccc(F)cc2)C(=O)N(Cc2ccc(Cl)cc2)C1=O.